The van der Waals surface area contributed by atoms with E-state index in [9.17, 15) is 0 Å². The van der Waals surface area contributed by atoms with Gasteiger partial charge < -0.3 is 9.73 Å². The summed E-state index contributed by atoms with van der Waals surface area (Å²) in [5.74, 6) is 0. The lowest BCUT2D eigenvalue weighted by molar-refractivity contribution is 0.570. The van der Waals surface area contributed by atoms with E-state index in [0.29, 0.717) is 5.22 Å². The zero-order valence-corrected chi connectivity index (χ0v) is 10.4. The third-order valence-electron chi connectivity index (χ3n) is 2.02. The van der Waals surface area contributed by atoms with E-state index in [2.05, 4.69) is 22.4 Å². The largest absolute Gasteiger partial charge is 0.452 e. The zero-order valence-electron chi connectivity index (χ0n) is 8.86. The standard InChI is InChI=1S/C10H12ClN3OS/c1-2-4-12-6-8-13-14-10(16-8)7-3-5-15-9(7)11/h3,5,12H,2,4,6H2,1H3. The molecule has 0 bridgehead atoms. The number of furan rings is 1. The smallest absolute Gasteiger partial charge is 0.203 e. The molecule has 2 heterocycles. The van der Waals surface area contributed by atoms with Crippen LogP contribution in [0.5, 0.6) is 0 Å². The first-order chi connectivity index (χ1) is 7.81. The van der Waals surface area contributed by atoms with Crippen molar-refractivity contribution in [2.45, 2.75) is 19.9 Å². The molecule has 2 rings (SSSR count). The lowest BCUT2D eigenvalue weighted by Crippen LogP contribution is -2.13. The Hall–Kier alpha value is -0.910. The highest BCUT2D eigenvalue weighted by molar-refractivity contribution is 7.14. The first kappa shape index (κ1) is 11.6. The average molecular weight is 258 g/mol. The normalized spacial score (nSPS) is 10.9. The molecule has 1 N–H and O–H groups in total. The van der Waals surface area contributed by atoms with Gasteiger partial charge in [0, 0.05) is 6.54 Å². The Morgan fingerprint density at radius 2 is 2.38 bits per heavy atom. The first-order valence-corrected chi connectivity index (χ1v) is 6.27. The minimum atomic E-state index is 0.365. The highest BCUT2D eigenvalue weighted by atomic mass is 35.5. The first-order valence-electron chi connectivity index (χ1n) is 5.07. The number of nitrogens with one attached hydrogen (secondary N) is 1. The maximum atomic E-state index is 5.87. The summed E-state index contributed by atoms with van der Waals surface area (Å²) in [6, 6.07) is 1.80. The molecule has 0 aromatic carbocycles. The molecule has 0 aliphatic heterocycles. The van der Waals surface area contributed by atoms with E-state index < -0.39 is 0 Å². The minimum absolute atomic E-state index is 0.365. The van der Waals surface area contributed by atoms with Gasteiger partial charge in [0.05, 0.1) is 11.8 Å². The second-order valence-electron chi connectivity index (χ2n) is 3.29. The summed E-state index contributed by atoms with van der Waals surface area (Å²) in [5.41, 5.74) is 0.806. The molecule has 0 saturated carbocycles. The summed E-state index contributed by atoms with van der Waals surface area (Å²) in [6.07, 6.45) is 2.66. The Bertz CT molecular complexity index is 454. The maximum absolute atomic E-state index is 5.87. The summed E-state index contributed by atoms with van der Waals surface area (Å²) in [4.78, 5) is 0. The van der Waals surface area contributed by atoms with Gasteiger partial charge in [-0.25, -0.2) is 0 Å². The number of rotatable bonds is 5. The molecule has 0 radical (unpaired) electrons. The van der Waals surface area contributed by atoms with Crippen molar-refractivity contribution in [3.63, 3.8) is 0 Å². The molecular formula is C10H12ClN3OS. The lowest BCUT2D eigenvalue weighted by Gasteiger charge is -1.96. The van der Waals surface area contributed by atoms with E-state index in [-0.39, 0.29) is 0 Å². The molecule has 2 aromatic heterocycles. The van der Waals surface area contributed by atoms with Gasteiger partial charge in [-0.05, 0) is 30.6 Å². The SMILES string of the molecule is CCCNCc1nnc(-c2ccoc2Cl)s1. The summed E-state index contributed by atoms with van der Waals surface area (Å²) in [6.45, 7) is 3.87. The van der Waals surface area contributed by atoms with Gasteiger partial charge in [-0.2, -0.15) is 0 Å². The molecule has 0 saturated heterocycles. The predicted molar refractivity (Wildman–Crippen MR) is 64.6 cm³/mol. The van der Waals surface area contributed by atoms with Crippen LogP contribution in [0.15, 0.2) is 16.7 Å². The molecule has 6 heteroatoms. The quantitative estimate of drug-likeness (QED) is 0.837. The number of aromatic nitrogens is 2. The Labute approximate surface area is 103 Å². The van der Waals surface area contributed by atoms with Crippen LogP contribution in [0.3, 0.4) is 0 Å². The molecule has 0 aliphatic carbocycles. The Morgan fingerprint density at radius 3 is 3.06 bits per heavy atom. The summed E-state index contributed by atoms with van der Waals surface area (Å²) >= 11 is 7.39. The van der Waals surface area contributed by atoms with Crippen molar-refractivity contribution in [3.05, 3.63) is 22.6 Å². The maximum Gasteiger partial charge on any atom is 0.203 e. The second-order valence-corrected chi connectivity index (χ2v) is 4.69. The minimum Gasteiger partial charge on any atom is -0.452 e. The molecule has 0 fully saturated rings. The van der Waals surface area contributed by atoms with Crippen LogP contribution in [0, 0.1) is 0 Å². The van der Waals surface area contributed by atoms with Crippen LogP contribution in [-0.4, -0.2) is 16.7 Å². The van der Waals surface area contributed by atoms with Crippen molar-refractivity contribution in [2.75, 3.05) is 6.54 Å². The van der Waals surface area contributed by atoms with Gasteiger partial charge in [0.1, 0.15) is 5.01 Å². The van der Waals surface area contributed by atoms with E-state index in [1.165, 1.54) is 11.3 Å². The fraction of sp³-hybridized carbons (Fsp3) is 0.400. The van der Waals surface area contributed by atoms with Crippen LogP contribution >= 0.6 is 22.9 Å². The molecule has 4 nitrogen and oxygen atoms in total. The Balaban J connectivity index is 2.05. The molecule has 0 amide bonds. The molecule has 86 valence electrons. The third kappa shape index (κ3) is 2.61. The molecule has 0 atom stereocenters. The fourth-order valence-corrected chi connectivity index (χ4v) is 2.34. The topological polar surface area (TPSA) is 51.0 Å². The van der Waals surface area contributed by atoms with Gasteiger partial charge in [-0.3, -0.25) is 0 Å². The van der Waals surface area contributed by atoms with Gasteiger partial charge >= 0.3 is 0 Å². The monoisotopic (exact) mass is 257 g/mol. The molecule has 0 spiro atoms. The Kier molecular flexibility index (Phi) is 3.93. The number of hydrogen-bond acceptors (Lipinski definition) is 5. The van der Waals surface area contributed by atoms with Gasteiger partial charge in [0.25, 0.3) is 0 Å². The number of nitrogens with zero attached hydrogens (tertiary/aromatic N) is 2. The molecule has 2 aromatic rings. The van der Waals surface area contributed by atoms with Gasteiger partial charge in [-0.15, -0.1) is 10.2 Å². The predicted octanol–water partition coefficient (Wildman–Crippen LogP) is 2.95. The van der Waals surface area contributed by atoms with Crippen LogP contribution in [0.1, 0.15) is 18.4 Å². The van der Waals surface area contributed by atoms with E-state index >= 15 is 0 Å². The van der Waals surface area contributed by atoms with Crippen LogP contribution in [-0.2, 0) is 6.54 Å². The molecule has 16 heavy (non-hydrogen) atoms. The van der Waals surface area contributed by atoms with Crippen molar-refractivity contribution in [3.8, 4) is 10.6 Å². The van der Waals surface area contributed by atoms with Crippen LogP contribution in [0.25, 0.3) is 10.6 Å². The van der Waals surface area contributed by atoms with E-state index in [1.54, 1.807) is 12.3 Å². The number of hydrogen-bond donors (Lipinski definition) is 1. The van der Waals surface area contributed by atoms with Crippen LogP contribution in [0.4, 0.5) is 0 Å². The van der Waals surface area contributed by atoms with Crippen molar-refractivity contribution in [1.82, 2.24) is 15.5 Å². The number of halogens is 1. The van der Waals surface area contributed by atoms with Crippen LogP contribution < -0.4 is 5.32 Å². The summed E-state index contributed by atoms with van der Waals surface area (Å²) < 4.78 is 5.02. The zero-order chi connectivity index (χ0) is 11.4. The van der Waals surface area contributed by atoms with Crippen molar-refractivity contribution in [2.24, 2.45) is 0 Å². The van der Waals surface area contributed by atoms with Gasteiger partial charge in [0.15, 0.2) is 5.01 Å². The van der Waals surface area contributed by atoms with E-state index in [4.69, 9.17) is 16.0 Å². The van der Waals surface area contributed by atoms with Gasteiger partial charge in [-0.1, -0.05) is 18.3 Å². The lowest BCUT2D eigenvalue weighted by atomic mass is 10.4. The highest BCUT2D eigenvalue weighted by Gasteiger charge is 2.11. The summed E-state index contributed by atoms with van der Waals surface area (Å²) in [5, 5.41) is 13.6. The van der Waals surface area contributed by atoms with Crippen molar-refractivity contribution >= 4 is 22.9 Å². The second kappa shape index (κ2) is 5.43. The molecule has 0 unspecified atom stereocenters. The molecular weight excluding hydrogens is 246 g/mol. The van der Waals surface area contributed by atoms with Crippen molar-refractivity contribution < 1.29 is 4.42 Å². The Morgan fingerprint density at radius 1 is 1.50 bits per heavy atom. The van der Waals surface area contributed by atoms with E-state index in [1.807, 2.05) is 0 Å². The van der Waals surface area contributed by atoms with Crippen molar-refractivity contribution in [1.29, 1.82) is 0 Å². The average Bonchev–Trinajstić information content (AvgIpc) is 2.87. The molecule has 0 aliphatic rings. The third-order valence-corrected chi connectivity index (χ3v) is 3.27. The van der Waals surface area contributed by atoms with Gasteiger partial charge in [0.2, 0.25) is 5.22 Å². The fourth-order valence-electron chi connectivity index (χ4n) is 1.25. The van der Waals surface area contributed by atoms with Crippen LogP contribution in [0.2, 0.25) is 5.22 Å². The summed E-state index contributed by atoms with van der Waals surface area (Å²) in [7, 11) is 0. The highest BCUT2D eigenvalue weighted by Crippen LogP contribution is 2.30. The van der Waals surface area contributed by atoms with E-state index in [0.717, 1.165) is 35.1 Å².